The molecule has 3 aromatic rings. The van der Waals surface area contributed by atoms with Crippen molar-refractivity contribution < 1.29 is 4.79 Å². The van der Waals surface area contributed by atoms with E-state index in [1.165, 1.54) is 46.9 Å². The number of fused-ring (bicyclic) bond motifs is 1. The number of hydrogen-bond acceptors (Lipinski definition) is 1. The third-order valence-electron chi connectivity index (χ3n) is 5.76. The predicted molar refractivity (Wildman–Crippen MR) is 122 cm³/mol. The molecule has 0 aliphatic rings. The Morgan fingerprint density at radius 1 is 1.00 bits per heavy atom. The predicted octanol–water partition coefficient (Wildman–Crippen LogP) is 6.19. The van der Waals surface area contributed by atoms with Crippen molar-refractivity contribution in [2.24, 2.45) is 0 Å². The van der Waals surface area contributed by atoms with E-state index in [4.69, 9.17) is 0 Å². The molecule has 1 N–H and O–H groups in total. The summed E-state index contributed by atoms with van der Waals surface area (Å²) in [4.78, 5) is 12.8. The Balaban J connectivity index is 1.87. The maximum absolute atomic E-state index is 12.8. The number of para-hydroxylation sites is 1. The van der Waals surface area contributed by atoms with Crippen molar-refractivity contribution in [3.8, 4) is 0 Å². The van der Waals surface area contributed by atoms with Gasteiger partial charge in [-0.2, -0.15) is 0 Å². The summed E-state index contributed by atoms with van der Waals surface area (Å²) in [7, 11) is 0. The SMILES string of the molecule is CCCCCCNC(=O)CC(c1ccc(C)cc1)c1cn(CC)c2ccccc12. The lowest BCUT2D eigenvalue weighted by Gasteiger charge is -2.18. The molecular formula is C26H34N2O. The van der Waals surface area contributed by atoms with Crippen LogP contribution in [0.1, 0.15) is 68.6 Å². The highest BCUT2D eigenvalue weighted by molar-refractivity contribution is 5.86. The molecule has 154 valence electrons. The van der Waals surface area contributed by atoms with Crippen molar-refractivity contribution in [2.75, 3.05) is 6.54 Å². The van der Waals surface area contributed by atoms with Crippen LogP contribution in [0.4, 0.5) is 0 Å². The number of amides is 1. The maximum atomic E-state index is 12.8. The van der Waals surface area contributed by atoms with E-state index in [9.17, 15) is 4.79 Å². The van der Waals surface area contributed by atoms with Crippen molar-refractivity contribution in [3.05, 3.63) is 71.4 Å². The van der Waals surface area contributed by atoms with Crippen LogP contribution in [-0.4, -0.2) is 17.0 Å². The molecule has 29 heavy (non-hydrogen) atoms. The van der Waals surface area contributed by atoms with Crippen LogP contribution in [0, 0.1) is 6.92 Å². The number of aromatic nitrogens is 1. The zero-order valence-electron chi connectivity index (χ0n) is 18.1. The molecule has 1 unspecified atom stereocenters. The Labute approximate surface area is 175 Å². The summed E-state index contributed by atoms with van der Waals surface area (Å²) in [5.41, 5.74) is 4.93. The van der Waals surface area contributed by atoms with E-state index in [0.29, 0.717) is 6.42 Å². The number of nitrogens with one attached hydrogen (secondary N) is 1. The fourth-order valence-electron chi connectivity index (χ4n) is 4.06. The highest BCUT2D eigenvalue weighted by Crippen LogP contribution is 2.35. The van der Waals surface area contributed by atoms with Crippen molar-refractivity contribution >= 4 is 16.8 Å². The summed E-state index contributed by atoms with van der Waals surface area (Å²) >= 11 is 0. The second-order valence-electron chi connectivity index (χ2n) is 7.97. The molecule has 1 atom stereocenters. The van der Waals surface area contributed by atoms with Crippen molar-refractivity contribution in [2.45, 2.75) is 65.3 Å². The lowest BCUT2D eigenvalue weighted by molar-refractivity contribution is -0.121. The molecule has 1 amide bonds. The number of carbonyl (C=O) groups excluding carboxylic acids is 1. The third kappa shape index (κ3) is 5.29. The van der Waals surface area contributed by atoms with Gasteiger partial charge in [0, 0.05) is 42.5 Å². The first-order valence-corrected chi connectivity index (χ1v) is 11.0. The van der Waals surface area contributed by atoms with Crippen LogP contribution in [0.15, 0.2) is 54.7 Å². The largest absolute Gasteiger partial charge is 0.356 e. The van der Waals surface area contributed by atoms with Crippen LogP contribution in [0.25, 0.3) is 10.9 Å². The summed E-state index contributed by atoms with van der Waals surface area (Å²) in [6, 6.07) is 17.2. The third-order valence-corrected chi connectivity index (χ3v) is 5.76. The first-order valence-electron chi connectivity index (χ1n) is 11.0. The van der Waals surface area contributed by atoms with E-state index in [1.54, 1.807) is 0 Å². The van der Waals surface area contributed by atoms with E-state index >= 15 is 0 Å². The number of nitrogens with zero attached hydrogens (tertiary/aromatic N) is 1. The van der Waals surface area contributed by atoms with Gasteiger partial charge in [-0.15, -0.1) is 0 Å². The summed E-state index contributed by atoms with van der Waals surface area (Å²) in [5, 5.41) is 4.39. The van der Waals surface area contributed by atoms with E-state index < -0.39 is 0 Å². The summed E-state index contributed by atoms with van der Waals surface area (Å²) in [5.74, 6) is 0.198. The van der Waals surface area contributed by atoms with E-state index in [-0.39, 0.29) is 11.8 Å². The highest BCUT2D eigenvalue weighted by Gasteiger charge is 2.22. The van der Waals surface area contributed by atoms with Gasteiger partial charge in [-0.05, 0) is 37.5 Å². The maximum Gasteiger partial charge on any atom is 0.220 e. The number of aryl methyl sites for hydroxylation is 2. The van der Waals surface area contributed by atoms with Crippen molar-refractivity contribution in [1.29, 1.82) is 0 Å². The van der Waals surface area contributed by atoms with Crippen LogP contribution in [0.5, 0.6) is 0 Å². The molecule has 0 radical (unpaired) electrons. The average Bonchev–Trinajstić information content (AvgIpc) is 3.11. The second-order valence-corrected chi connectivity index (χ2v) is 7.97. The second kappa shape index (κ2) is 10.3. The molecule has 3 heteroatoms. The Morgan fingerprint density at radius 3 is 2.48 bits per heavy atom. The first kappa shape index (κ1) is 21.2. The van der Waals surface area contributed by atoms with E-state index in [0.717, 1.165) is 19.5 Å². The van der Waals surface area contributed by atoms with Crippen LogP contribution >= 0.6 is 0 Å². The summed E-state index contributed by atoms with van der Waals surface area (Å²) in [6.07, 6.45) is 7.41. The van der Waals surface area contributed by atoms with Gasteiger partial charge in [-0.1, -0.05) is 74.2 Å². The Hall–Kier alpha value is -2.55. The Morgan fingerprint density at radius 2 is 1.76 bits per heavy atom. The number of hydrogen-bond donors (Lipinski definition) is 1. The van der Waals surface area contributed by atoms with Gasteiger partial charge in [0.15, 0.2) is 0 Å². The molecule has 1 aromatic heterocycles. The standard InChI is InChI=1S/C26H34N2O/c1-4-6-7-10-17-27-26(29)18-23(21-15-13-20(3)14-16-21)24-19-28(5-2)25-12-9-8-11-22(24)25/h8-9,11-16,19,23H,4-7,10,17-18H2,1-3H3,(H,27,29). The minimum atomic E-state index is 0.0592. The van der Waals surface area contributed by atoms with Crippen molar-refractivity contribution in [3.63, 3.8) is 0 Å². The Bertz CT molecular complexity index is 924. The van der Waals surface area contributed by atoms with Gasteiger partial charge in [0.2, 0.25) is 5.91 Å². The number of benzene rings is 2. The fraction of sp³-hybridized carbons (Fsp3) is 0.423. The molecular weight excluding hydrogens is 356 g/mol. The normalized spacial score (nSPS) is 12.2. The van der Waals surface area contributed by atoms with Gasteiger partial charge in [0.05, 0.1) is 0 Å². The first-order chi connectivity index (χ1) is 14.1. The van der Waals surface area contributed by atoms with Gasteiger partial charge < -0.3 is 9.88 Å². The Kier molecular flexibility index (Phi) is 7.51. The molecule has 0 saturated heterocycles. The monoisotopic (exact) mass is 390 g/mol. The van der Waals surface area contributed by atoms with Gasteiger partial charge in [0.1, 0.15) is 0 Å². The van der Waals surface area contributed by atoms with E-state index in [1.807, 2.05) is 0 Å². The van der Waals surface area contributed by atoms with Gasteiger partial charge in [0.25, 0.3) is 0 Å². The smallest absolute Gasteiger partial charge is 0.220 e. The van der Waals surface area contributed by atoms with Crippen LogP contribution in [0.3, 0.4) is 0 Å². The number of carbonyl (C=O) groups is 1. The lowest BCUT2D eigenvalue weighted by atomic mass is 9.87. The molecule has 2 aromatic carbocycles. The van der Waals surface area contributed by atoms with E-state index in [2.05, 4.69) is 85.4 Å². The molecule has 1 heterocycles. The molecule has 0 bridgehead atoms. The molecule has 3 rings (SSSR count). The molecule has 0 fully saturated rings. The summed E-state index contributed by atoms with van der Waals surface area (Å²) in [6.45, 7) is 8.17. The minimum absolute atomic E-state index is 0.0592. The molecule has 0 saturated carbocycles. The van der Waals surface area contributed by atoms with Crippen LogP contribution in [0.2, 0.25) is 0 Å². The minimum Gasteiger partial charge on any atom is -0.356 e. The number of unbranched alkanes of at least 4 members (excludes halogenated alkanes) is 3. The van der Waals surface area contributed by atoms with Gasteiger partial charge >= 0.3 is 0 Å². The van der Waals surface area contributed by atoms with Crippen molar-refractivity contribution in [1.82, 2.24) is 9.88 Å². The molecule has 0 aliphatic carbocycles. The summed E-state index contributed by atoms with van der Waals surface area (Å²) < 4.78 is 2.29. The lowest BCUT2D eigenvalue weighted by Crippen LogP contribution is -2.26. The molecule has 0 aliphatic heterocycles. The quantitative estimate of drug-likeness (QED) is 0.412. The average molecular weight is 391 g/mol. The zero-order chi connectivity index (χ0) is 20.6. The molecule has 0 spiro atoms. The van der Waals surface area contributed by atoms with Gasteiger partial charge in [-0.3, -0.25) is 4.79 Å². The number of rotatable bonds is 10. The van der Waals surface area contributed by atoms with Crippen LogP contribution < -0.4 is 5.32 Å². The topological polar surface area (TPSA) is 34.0 Å². The van der Waals surface area contributed by atoms with Crippen LogP contribution in [-0.2, 0) is 11.3 Å². The van der Waals surface area contributed by atoms with Gasteiger partial charge in [-0.25, -0.2) is 0 Å². The highest BCUT2D eigenvalue weighted by atomic mass is 16.1. The fourth-order valence-corrected chi connectivity index (χ4v) is 4.06. The zero-order valence-corrected chi connectivity index (χ0v) is 18.1. The molecule has 3 nitrogen and oxygen atoms in total.